The first kappa shape index (κ1) is 49.0. The van der Waals surface area contributed by atoms with Crippen molar-refractivity contribution in [3.63, 3.8) is 0 Å². The number of fused-ring (bicyclic) bond motifs is 2. The standard InChI is InChI=1S/C55H65N5O3.ClH/c1-41(2)38-46(53(63)56-36-23-35-52(62)59(39-42-24-11-8-12-25-42)40-43-26-13-9-14-27-43)57-51(61)34-21-22-37-60-48-31-20-18-29-45(48)55(5,6)50(60)33-16-10-15-32-49-54(3,4)44-28-17-19-30-47(44)58(49)7;/h8-20,23-33,35,41,46H,21-22,34,36-40H2,1-7H3,(H-,56,57,61,63);1H/b35-23+;/t46-;/m1./s1. The molecular formula is C55H66ClN5O3. The lowest BCUT2D eigenvalue weighted by Gasteiger charge is -2.27. The maximum Gasteiger partial charge on any atom is 0.246 e. The molecule has 64 heavy (non-hydrogen) atoms. The van der Waals surface area contributed by atoms with Crippen LogP contribution in [0.25, 0.3) is 0 Å². The minimum Gasteiger partial charge on any atom is -1.00 e. The van der Waals surface area contributed by atoms with Crippen molar-refractivity contribution >= 4 is 34.8 Å². The number of carbonyl (C=O) groups is 3. The van der Waals surface area contributed by atoms with Crippen molar-refractivity contribution < 1.29 is 31.4 Å². The van der Waals surface area contributed by atoms with Crippen LogP contribution in [0.15, 0.2) is 157 Å². The summed E-state index contributed by atoms with van der Waals surface area (Å²) in [6.07, 6.45) is 16.4. The van der Waals surface area contributed by atoms with Crippen molar-refractivity contribution in [3.05, 3.63) is 180 Å². The van der Waals surface area contributed by atoms with E-state index in [4.69, 9.17) is 0 Å². The third kappa shape index (κ3) is 12.2. The highest BCUT2D eigenvalue weighted by Gasteiger charge is 2.42. The molecule has 0 spiro atoms. The molecule has 0 aromatic heterocycles. The van der Waals surface area contributed by atoms with Crippen LogP contribution in [0.3, 0.4) is 0 Å². The first-order valence-corrected chi connectivity index (χ1v) is 22.5. The van der Waals surface area contributed by atoms with Gasteiger partial charge in [-0.3, -0.25) is 14.4 Å². The van der Waals surface area contributed by atoms with Gasteiger partial charge in [0.05, 0.1) is 5.41 Å². The Hall–Kier alpha value is -5.99. The average Bonchev–Trinajstić information content (AvgIpc) is 3.60. The third-order valence-electron chi connectivity index (χ3n) is 12.3. The molecule has 0 fully saturated rings. The van der Waals surface area contributed by atoms with Gasteiger partial charge in [-0.15, -0.1) is 0 Å². The van der Waals surface area contributed by atoms with E-state index >= 15 is 0 Å². The van der Waals surface area contributed by atoms with Gasteiger partial charge in [0.1, 0.15) is 13.1 Å². The van der Waals surface area contributed by atoms with E-state index in [0.717, 1.165) is 24.1 Å². The van der Waals surface area contributed by atoms with E-state index in [1.54, 1.807) is 11.0 Å². The number of carbonyl (C=O) groups excluding carboxylic acids is 3. The molecule has 1 atom stereocenters. The first-order chi connectivity index (χ1) is 30.3. The molecule has 0 unspecified atom stereocenters. The fourth-order valence-electron chi connectivity index (χ4n) is 8.93. The second-order valence-electron chi connectivity index (χ2n) is 18.2. The lowest BCUT2D eigenvalue weighted by molar-refractivity contribution is -0.401. The number of hydrogen-bond donors (Lipinski definition) is 2. The van der Waals surface area contributed by atoms with Crippen molar-refractivity contribution in [3.8, 4) is 0 Å². The Balaban J connectivity index is 0.00000771. The molecule has 0 saturated carbocycles. The Labute approximate surface area is 388 Å². The molecule has 0 bridgehead atoms. The monoisotopic (exact) mass is 879 g/mol. The Morgan fingerprint density at radius 3 is 2.00 bits per heavy atom. The number of rotatable bonds is 19. The number of halogens is 1. The summed E-state index contributed by atoms with van der Waals surface area (Å²) in [4.78, 5) is 44.3. The topological polar surface area (TPSA) is 84.8 Å². The summed E-state index contributed by atoms with van der Waals surface area (Å²) in [6.45, 7) is 15.1. The van der Waals surface area contributed by atoms with Crippen molar-refractivity contribution in [1.82, 2.24) is 15.5 Å². The molecule has 2 N–H and O–H groups in total. The van der Waals surface area contributed by atoms with E-state index in [1.807, 2.05) is 74.5 Å². The van der Waals surface area contributed by atoms with Gasteiger partial charge in [-0.05, 0) is 67.9 Å². The van der Waals surface area contributed by atoms with Gasteiger partial charge in [-0.2, -0.15) is 4.58 Å². The normalized spacial score (nSPS) is 16.1. The van der Waals surface area contributed by atoms with Crippen LogP contribution in [0.2, 0.25) is 0 Å². The second-order valence-corrected chi connectivity index (χ2v) is 18.2. The van der Waals surface area contributed by atoms with Gasteiger partial charge in [0.15, 0.2) is 5.71 Å². The summed E-state index contributed by atoms with van der Waals surface area (Å²) in [7, 11) is 2.14. The predicted octanol–water partition coefficient (Wildman–Crippen LogP) is 7.09. The molecule has 0 radical (unpaired) electrons. The second kappa shape index (κ2) is 22.6. The van der Waals surface area contributed by atoms with Crippen LogP contribution in [0.4, 0.5) is 11.4 Å². The van der Waals surface area contributed by atoms with Gasteiger partial charge >= 0.3 is 0 Å². The van der Waals surface area contributed by atoms with Crippen molar-refractivity contribution in [1.29, 1.82) is 0 Å². The molecule has 2 aliphatic heterocycles. The molecule has 2 aliphatic rings. The van der Waals surface area contributed by atoms with E-state index in [-0.39, 0.29) is 53.4 Å². The minimum atomic E-state index is -0.662. The van der Waals surface area contributed by atoms with Crippen molar-refractivity contribution in [2.24, 2.45) is 5.92 Å². The summed E-state index contributed by atoms with van der Waals surface area (Å²) in [5.74, 6) is -0.332. The van der Waals surface area contributed by atoms with E-state index in [1.165, 1.54) is 40.0 Å². The fraction of sp³-hybridized carbons (Fsp3) is 0.345. The Kier molecular flexibility index (Phi) is 17.3. The molecular weight excluding hydrogens is 814 g/mol. The molecule has 4 aromatic rings. The average molecular weight is 881 g/mol. The number of hydrogen-bond acceptors (Lipinski definition) is 4. The Morgan fingerprint density at radius 1 is 0.750 bits per heavy atom. The summed E-state index contributed by atoms with van der Waals surface area (Å²) in [6, 6.07) is 36.4. The van der Waals surface area contributed by atoms with E-state index < -0.39 is 6.04 Å². The number of nitrogens with one attached hydrogen (secondary N) is 2. The number of amides is 3. The largest absolute Gasteiger partial charge is 1.00 e. The number of anilines is 1. The zero-order chi connectivity index (χ0) is 45.0. The maximum atomic E-state index is 13.4. The first-order valence-electron chi connectivity index (χ1n) is 22.5. The molecule has 8 nitrogen and oxygen atoms in total. The van der Waals surface area contributed by atoms with Gasteiger partial charge in [-0.25, -0.2) is 0 Å². The van der Waals surface area contributed by atoms with Crippen LogP contribution >= 0.6 is 0 Å². The highest BCUT2D eigenvalue weighted by molar-refractivity contribution is 6.03. The van der Waals surface area contributed by atoms with Gasteiger partial charge < -0.3 is 32.8 Å². The quantitative estimate of drug-likeness (QED) is 0.0457. The van der Waals surface area contributed by atoms with Gasteiger partial charge in [0.25, 0.3) is 0 Å². The van der Waals surface area contributed by atoms with E-state index in [9.17, 15) is 14.4 Å². The minimum absolute atomic E-state index is 0. The van der Waals surface area contributed by atoms with Crippen LogP contribution in [0.5, 0.6) is 0 Å². The maximum absolute atomic E-state index is 13.4. The zero-order valence-corrected chi connectivity index (χ0v) is 39.4. The van der Waals surface area contributed by atoms with Crippen LogP contribution in [-0.4, -0.2) is 59.1 Å². The van der Waals surface area contributed by atoms with Gasteiger partial charge in [0, 0.05) is 73.2 Å². The van der Waals surface area contributed by atoms with Crippen LogP contribution < -0.4 is 27.9 Å². The summed E-state index contributed by atoms with van der Waals surface area (Å²) in [5, 5.41) is 5.94. The van der Waals surface area contributed by atoms with Crippen LogP contribution in [0.1, 0.15) is 89.5 Å². The predicted molar refractivity (Wildman–Crippen MR) is 258 cm³/mol. The summed E-state index contributed by atoms with van der Waals surface area (Å²) >= 11 is 0. The van der Waals surface area contributed by atoms with Crippen molar-refractivity contribution in [2.45, 2.75) is 97.2 Å². The van der Waals surface area contributed by atoms with E-state index in [2.05, 4.69) is 134 Å². The Morgan fingerprint density at radius 2 is 1.36 bits per heavy atom. The summed E-state index contributed by atoms with van der Waals surface area (Å²) in [5.41, 5.74) is 9.39. The van der Waals surface area contributed by atoms with Crippen molar-refractivity contribution in [2.75, 3.05) is 25.0 Å². The lowest BCUT2D eigenvalue weighted by Crippen LogP contribution is -3.00. The SMILES string of the molecule is CC(C)C[C@@H](NC(=O)CCCCN1/C(=C/C=C/C=C/C2=[N+](C)c3ccccc3C2(C)C)C(C)(C)c2ccccc21)C(=O)NC/C=C/C(=O)N(Cc1ccccc1)Cc1ccccc1.[Cl-]. The summed E-state index contributed by atoms with van der Waals surface area (Å²) < 4.78 is 2.29. The van der Waals surface area contributed by atoms with Crippen LogP contribution in [0, 0.1) is 5.92 Å². The molecule has 3 amide bonds. The molecule has 0 aliphatic carbocycles. The van der Waals surface area contributed by atoms with Crippen LogP contribution in [-0.2, 0) is 38.3 Å². The van der Waals surface area contributed by atoms with Gasteiger partial charge in [0.2, 0.25) is 23.4 Å². The number of unbranched alkanes of at least 4 members (excludes halogenated alkanes) is 1. The molecule has 2 heterocycles. The lowest BCUT2D eigenvalue weighted by atomic mass is 9.81. The van der Waals surface area contributed by atoms with Gasteiger partial charge in [-0.1, -0.05) is 149 Å². The molecule has 4 aromatic carbocycles. The fourth-order valence-corrected chi connectivity index (χ4v) is 8.93. The number of nitrogens with zero attached hydrogens (tertiary/aromatic N) is 3. The third-order valence-corrected chi connectivity index (χ3v) is 12.3. The molecule has 336 valence electrons. The number of para-hydroxylation sites is 2. The zero-order valence-electron chi connectivity index (χ0n) is 38.7. The highest BCUT2D eigenvalue weighted by Crippen LogP contribution is 2.47. The Bertz CT molecular complexity index is 2340. The molecule has 9 heteroatoms. The molecule has 6 rings (SSSR count). The smallest absolute Gasteiger partial charge is 0.246 e. The number of allylic oxidation sites excluding steroid dienone is 6. The number of benzene rings is 4. The molecule has 0 saturated heterocycles. The van der Waals surface area contributed by atoms with E-state index in [0.29, 0.717) is 32.4 Å². The highest BCUT2D eigenvalue weighted by atomic mass is 35.5.